The lowest BCUT2D eigenvalue weighted by Crippen LogP contribution is -2.38. The highest BCUT2D eigenvalue weighted by molar-refractivity contribution is 7.06. The van der Waals surface area contributed by atoms with Crippen molar-refractivity contribution in [3.05, 3.63) is 41.5 Å². The molecule has 3 aromatic rings. The van der Waals surface area contributed by atoms with Gasteiger partial charge in [-0.3, -0.25) is 9.78 Å². The quantitative estimate of drug-likeness (QED) is 0.494. The molecule has 36 heavy (non-hydrogen) atoms. The summed E-state index contributed by atoms with van der Waals surface area (Å²) in [6, 6.07) is 8.01. The maximum Gasteiger partial charge on any atom is 0.222 e. The zero-order valence-electron chi connectivity index (χ0n) is 21.5. The van der Waals surface area contributed by atoms with Crippen molar-refractivity contribution in [3.8, 4) is 11.4 Å². The normalized spacial score (nSPS) is 22.1. The van der Waals surface area contributed by atoms with Crippen molar-refractivity contribution in [1.29, 1.82) is 0 Å². The van der Waals surface area contributed by atoms with Crippen LogP contribution >= 0.6 is 11.5 Å². The Balaban J connectivity index is 1.43. The summed E-state index contributed by atoms with van der Waals surface area (Å²) in [6.07, 6.45) is 8.83. The van der Waals surface area contributed by atoms with E-state index in [0.29, 0.717) is 5.82 Å². The molecule has 190 valence electrons. The van der Waals surface area contributed by atoms with Gasteiger partial charge in [-0.15, -0.1) is 0 Å². The number of nitrogens with one attached hydrogen (secondary N) is 2. The van der Waals surface area contributed by atoms with E-state index in [1.54, 1.807) is 19.4 Å². The van der Waals surface area contributed by atoms with Crippen molar-refractivity contribution < 1.29 is 4.79 Å². The van der Waals surface area contributed by atoms with Gasteiger partial charge in [-0.1, -0.05) is 27.2 Å². The van der Waals surface area contributed by atoms with Crippen LogP contribution in [-0.2, 0) is 10.2 Å². The third-order valence-electron chi connectivity index (χ3n) is 7.46. The topological polar surface area (TPSA) is 95.9 Å². The van der Waals surface area contributed by atoms with Crippen molar-refractivity contribution in [2.24, 2.45) is 11.3 Å². The number of hydrogen-bond acceptors (Lipinski definition) is 8. The number of aromatic nitrogens is 4. The minimum atomic E-state index is 0.0473. The van der Waals surface area contributed by atoms with Gasteiger partial charge in [-0.25, -0.2) is 9.97 Å². The molecule has 2 atom stereocenters. The lowest BCUT2D eigenvalue weighted by molar-refractivity contribution is -0.126. The largest absolute Gasteiger partial charge is 0.359 e. The maximum absolute atomic E-state index is 12.4. The van der Waals surface area contributed by atoms with Crippen LogP contribution in [0, 0.1) is 11.3 Å². The molecular weight excluding hydrogens is 470 g/mol. The molecule has 0 bridgehead atoms. The molecule has 8 nitrogen and oxygen atoms in total. The molecule has 0 radical (unpaired) electrons. The van der Waals surface area contributed by atoms with Gasteiger partial charge in [0.1, 0.15) is 17.5 Å². The van der Waals surface area contributed by atoms with Gasteiger partial charge in [0.05, 0.1) is 0 Å². The second kappa shape index (κ2) is 9.76. The van der Waals surface area contributed by atoms with E-state index >= 15 is 0 Å². The number of carbonyl (C=O) groups excluding carboxylic acids is 1. The molecule has 2 N–H and O–H groups in total. The smallest absolute Gasteiger partial charge is 0.222 e. The monoisotopic (exact) mass is 505 g/mol. The zero-order valence-corrected chi connectivity index (χ0v) is 22.4. The molecule has 1 aliphatic carbocycles. The minimum absolute atomic E-state index is 0.0473. The third kappa shape index (κ3) is 5.21. The minimum Gasteiger partial charge on any atom is -0.359 e. The fourth-order valence-electron chi connectivity index (χ4n) is 5.48. The third-order valence-corrected chi connectivity index (χ3v) is 8.67. The number of carbonyl (C=O) groups is 1. The molecule has 2 aliphatic rings. The van der Waals surface area contributed by atoms with Crippen molar-refractivity contribution >= 4 is 34.9 Å². The first-order valence-corrected chi connectivity index (χ1v) is 13.5. The van der Waals surface area contributed by atoms with Gasteiger partial charge >= 0.3 is 0 Å². The van der Waals surface area contributed by atoms with Gasteiger partial charge in [-0.2, -0.15) is 4.37 Å². The van der Waals surface area contributed by atoms with Gasteiger partial charge in [0.2, 0.25) is 5.91 Å². The fourth-order valence-corrected chi connectivity index (χ4v) is 6.22. The molecule has 0 aromatic carbocycles. The van der Waals surface area contributed by atoms with Crippen LogP contribution in [-0.4, -0.2) is 45.4 Å². The van der Waals surface area contributed by atoms with Gasteiger partial charge in [0, 0.05) is 55.0 Å². The van der Waals surface area contributed by atoms with E-state index in [9.17, 15) is 4.79 Å². The molecule has 1 saturated carbocycles. The Morgan fingerprint density at radius 1 is 1.19 bits per heavy atom. The van der Waals surface area contributed by atoms with E-state index in [0.717, 1.165) is 68.2 Å². The van der Waals surface area contributed by atoms with Crippen LogP contribution in [0.3, 0.4) is 0 Å². The first-order chi connectivity index (χ1) is 17.2. The molecule has 3 aromatic heterocycles. The molecule has 5 rings (SSSR count). The summed E-state index contributed by atoms with van der Waals surface area (Å²) in [5, 5.41) is 6.28. The number of hydrogen-bond donors (Lipinski definition) is 2. The fraction of sp³-hybridized carbons (Fsp3) is 0.519. The SMILES string of the molecule is CNC(=O)C1CCCC2(CCN(c3cc(Nc4cc(C(C)(C)C)sn4)nc(-c4cccnc4)n3)C2)C1. The summed E-state index contributed by atoms with van der Waals surface area (Å²) in [6.45, 7) is 8.41. The highest BCUT2D eigenvalue weighted by atomic mass is 32.1. The van der Waals surface area contributed by atoms with E-state index in [1.165, 1.54) is 16.4 Å². The molecule has 1 saturated heterocycles. The molecule has 2 fully saturated rings. The number of pyridine rings is 1. The first kappa shape index (κ1) is 24.6. The highest BCUT2D eigenvalue weighted by Crippen LogP contribution is 2.47. The van der Waals surface area contributed by atoms with Crippen molar-refractivity contribution in [1.82, 2.24) is 24.6 Å². The van der Waals surface area contributed by atoms with Crippen molar-refractivity contribution in [3.63, 3.8) is 0 Å². The van der Waals surface area contributed by atoms with E-state index in [4.69, 9.17) is 9.97 Å². The highest BCUT2D eigenvalue weighted by Gasteiger charge is 2.43. The maximum atomic E-state index is 12.4. The Morgan fingerprint density at radius 2 is 2.06 bits per heavy atom. The van der Waals surface area contributed by atoms with E-state index in [2.05, 4.69) is 51.7 Å². The zero-order chi connectivity index (χ0) is 25.3. The lowest BCUT2D eigenvalue weighted by atomic mass is 9.69. The Bertz CT molecular complexity index is 1220. The second-order valence-corrected chi connectivity index (χ2v) is 12.0. The predicted octanol–water partition coefficient (Wildman–Crippen LogP) is 5.17. The molecule has 1 amide bonds. The van der Waals surface area contributed by atoms with Crippen LogP contribution in [0.25, 0.3) is 11.4 Å². The first-order valence-electron chi connectivity index (χ1n) is 12.7. The Morgan fingerprint density at radius 3 is 2.78 bits per heavy atom. The van der Waals surface area contributed by atoms with Gasteiger partial charge in [0.25, 0.3) is 0 Å². The van der Waals surface area contributed by atoms with E-state index in [1.807, 2.05) is 18.2 Å². The standard InChI is InChI=1S/C27H35N7OS/c1-26(2,3)20-13-22(33-36-20)30-21-14-23(32-24(31-21)19-8-6-11-29-16-19)34-12-10-27(17-34)9-5-7-18(15-27)25(35)28-4/h6,8,11,13-14,16,18H,5,7,9-10,12,15,17H2,1-4H3,(H,28,35)(H,30,31,32,33). The Hall–Kier alpha value is -3.07. The van der Waals surface area contributed by atoms with Gasteiger partial charge in [0.15, 0.2) is 5.82 Å². The summed E-state index contributed by atoms with van der Waals surface area (Å²) in [4.78, 5) is 30.0. The Kier molecular flexibility index (Phi) is 6.68. The van der Waals surface area contributed by atoms with Crippen LogP contribution < -0.4 is 15.5 Å². The second-order valence-electron chi connectivity index (χ2n) is 11.2. The predicted molar refractivity (Wildman–Crippen MR) is 145 cm³/mol. The number of anilines is 3. The number of nitrogens with zero attached hydrogens (tertiary/aromatic N) is 5. The number of amides is 1. The van der Waals surface area contributed by atoms with Crippen LogP contribution in [0.15, 0.2) is 36.7 Å². The molecule has 1 spiro atoms. The summed E-state index contributed by atoms with van der Waals surface area (Å²) in [5.74, 6) is 3.35. The summed E-state index contributed by atoms with van der Waals surface area (Å²) in [5.41, 5.74) is 1.09. The summed E-state index contributed by atoms with van der Waals surface area (Å²) < 4.78 is 4.62. The molecule has 9 heteroatoms. The van der Waals surface area contributed by atoms with Gasteiger partial charge < -0.3 is 15.5 Å². The summed E-state index contributed by atoms with van der Waals surface area (Å²) >= 11 is 1.52. The van der Waals surface area contributed by atoms with E-state index < -0.39 is 0 Å². The molecule has 2 unspecified atom stereocenters. The summed E-state index contributed by atoms with van der Waals surface area (Å²) in [7, 11) is 1.74. The Labute approximate surface area is 217 Å². The molecular formula is C27H35N7OS. The lowest BCUT2D eigenvalue weighted by Gasteiger charge is -2.37. The van der Waals surface area contributed by atoms with Crippen molar-refractivity contribution in [2.75, 3.05) is 30.4 Å². The molecule has 4 heterocycles. The van der Waals surface area contributed by atoms with Crippen LogP contribution in [0.1, 0.15) is 57.8 Å². The van der Waals surface area contributed by atoms with Crippen LogP contribution in [0.4, 0.5) is 17.5 Å². The van der Waals surface area contributed by atoms with Crippen molar-refractivity contribution in [2.45, 2.75) is 58.3 Å². The molecule has 1 aliphatic heterocycles. The average Bonchev–Trinajstić information content (AvgIpc) is 3.51. The number of rotatable bonds is 5. The van der Waals surface area contributed by atoms with Crippen LogP contribution in [0.5, 0.6) is 0 Å². The van der Waals surface area contributed by atoms with Crippen LogP contribution in [0.2, 0.25) is 0 Å². The van der Waals surface area contributed by atoms with Gasteiger partial charge in [-0.05, 0) is 66.2 Å². The average molecular weight is 506 g/mol. The van der Waals surface area contributed by atoms with E-state index in [-0.39, 0.29) is 22.7 Å².